The number of aromatic nitrogens is 1. The van der Waals surface area contributed by atoms with Crippen LogP contribution < -0.4 is 27.0 Å². The van der Waals surface area contributed by atoms with Crippen molar-refractivity contribution in [3.63, 3.8) is 0 Å². The molecule has 0 saturated heterocycles. The molecule has 0 spiro atoms. The zero-order chi connectivity index (χ0) is 26.1. The van der Waals surface area contributed by atoms with E-state index in [2.05, 4.69) is 28.3 Å². The Morgan fingerprint density at radius 1 is 0.868 bits per heavy atom. The summed E-state index contributed by atoms with van der Waals surface area (Å²) in [6.45, 7) is 3.04. The first-order valence-corrected chi connectivity index (χ1v) is 15.1. The quantitative estimate of drug-likeness (QED) is 0.166. The fourth-order valence-electron chi connectivity index (χ4n) is 4.57. The van der Waals surface area contributed by atoms with E-state index in [-0.39, 0.29) is 18.3 Å². The van der Waals surface area contributed by atoms with Gasteiger partial charge in [-0.2, -0.15) is 4.57 Å². The van der Waals surface area contributed by atoms with Crippen molar-refractivity contribution in [3.05, 3.63) is 65.7 Å². The van der Waals surface area contributed by atoms with Gasteiger partial charge in [-0.05, 0) is 42.3 Å². The summed E-state index contributed by atoms with van der Waals surface area (Å²) in [6.07, 6.45) is 18.5. The molecule has 208 valence electrons. The number of amides is 1. The lowest BCUT2D eigenvalue weighted by atomic mass is 10.1. The van der Waals surface area contributed by atoms with E-state index in [9.17, 15) is 4.79 Å². The van der Waals surface area contributed by atoms with Crippen LogP contribution in [0.1, 0.15) is 89.5 Å². The fraction of sp³-hybridized carbons (Fsp3) is 0.500. The van der Waals surface area contributed by atoms with E-state index < -0.39 is 0 Å². The number of unbranched alkanes of at least 4 members (excludes halogenated alkanes) is 11. The zero-order valence-electron chi connectivity index (χ0n) is 23.2. The number of carbonyl (C=O) groups excluding carboxylic acids is 1. The Morgan fingerprint density at radius 2 is 1.50 bits per heavy atom. The van der Waals surface area contributed by atoms with E-state index >= 15 is 0 Å². The van der Waals surface area contributed by atoms with Gasteiger partial charge in [-0.1, -0.05) is 107 Å². The molecule has 3 aromatic rings. The lowest BCUT2D eigenvalue weighted by molar-refractivity contribution is -0.655. The summed E-state index contributed by atoms with van der Waals surface area (Å²) in [7, 11) is 2.03. The monoisotopic (exact) mass is 556 g/mol. The van der Waals surface area contributed by atoms with Crippen LogP contribution in [0.25, 0.3) is 10.6 Å². The molecular formula is C32H45ClN2O2S. The fourth-order valence-corrected chi connectivity index (χ4v) is 5.43. The maximum Gasteiger partial charge on any atom is 0.268 e. The van der Waals surface area contributed by atoms with Gasteiger partial charge >= 0.3 is 0 Å². The van der Waals surface area contributed by atoms with Crippen LogP contribution >= 0.6 is 11.3 Å². The molecule has 0 atom stereocenters. The van der Waals surface area contributed by atoms with E-state index in [1.807, 2.05) is 55.7 Å². The minimum Gasteiger partial charge on any atom is -1.00 e. The Bertz CT molecular complexity index is 1050. The molecule has 1 aromatic heterocycles. The Balaban J connectivity index is 0.00000507. The average molecular weight is 557 g/mol. The number of benzene rings is 2. The van der Waals surface area contributed by atoms with Gasteiger partial charge in [0.25, 0.3) is 5.01 Å². The van der Waals surface area contributed by atoms with Gasteiger partial charge < -0.3 is 22.5 Å². The number of rotatable bonds is 18. The molecule has 0 saturated carbocycles. The summed E-state index contributed by atoms with van der Waals surface area (Å²) >= 11 is 1.69. The van der Waals surface area contributed by atoms with Gasteiger partial charge in [0.05, 0.1) is 24.0 Å². The highest BCUT2D eigenvalue weighted by atomic mass is 35.5. The van der Waals surface area contributed by atoms with Gasteiger partial charge in [-0.15, -0.1) is 0 Å². The maximum absolute atomic E-state index is 12.6. The summed E-state index contributed by atoms with van der Waals surface area (Å²) in [5, 5.41) is 6.26. The van der Waals surface area contributed by atoms with Gasteiger partial charge in [0.2, 0.25) is 5.91 Å². The Hall–Kier alpha value is -2.37. The largest absolute Gasteiger partial charge is 1.00 e. The number of ether oxygens (including phenoxy) is 1. The standard InChI is InChI=1S/C32H44N2O2S.ClH/c1-3-4-5-6-7-8-9-10-11-12-13-14-23-36-30-20-18-27(19-21-30)25-31(35)33-29-17-15-16-28(26-29)32-34(2)22-24-37-32;/h15-22,24,26H,3-14,23,25H2,1-2H3;1H. The van der Waals surface area contributed by atoms with Crippen molar-refractivity contribution in [2.75, 3.05) is 11.9 Å². The molecule has 0 fully saturated rings. The molecule has 3 rings (SSSR count). The highest BCUT2D eigenvalue weighted by Gasteiger charge is 2.12. The summed E-state index contributed by atoms with van der Waals surface area (Å²) in [4.78, 5) is 12.6. The second kappa shape index (κ2) is 18.8. The minimum atomic E-state index is -0.0159. The lowest BCUT2D eigenvalue weighted by Gasteiger charge is -2.09. The smallest absolute Gasteiger partial charge is 0.268 e. The van der Waals surface area contributed by atoms with Crippen LogP contribution in [0, 0.1) is 0 Å². The number of nitrogens with one attached hydrogen (secondary N) is 1. The second-order valence-electron chi connectivity index (χ2n) is 10.0. The van der Waals surface area contributed by atoms with Crippen molar-refractivity contribution >= 4 is 22.9 Å². The van der Waals surface area contributed by atoms with Crippen LogP contribution in [0.5, 0.6) is 5.75 Å². The summed E-state index contributed by atoms with van der Waals surface area (Å²) in [5.74, 6) is 0.863. The van der Waals surface area contributed by atoms with Crippen molar-refractivity contribution in [2.24, 2.45) is 7.05 Å². The minimum absolute atomic E-state index is 0. The molecule has 1 amide bonds. The SMILES string of the molecule is CCCCCCCCCCCCCCOc1ccc(CC(=O)Nc2cccc(-c3scc[n+]3C)c2)cc1.[Cl-]. The third-order valence-corrected chi connectivity index (χ3v) is 7.74. The molecule has 2 aromatic carbocycles. The second-order valence-corrected chi connectivity index (χ2v) is 10.9. The Morgan fingerprint density at radius 3 is 2.11 bits per heavy atom. The van der Waals surface area contributed by atoms with E-state index in [0.717, 1.165) is 40.6 Å². The van der Waals surface area contributed by atoms with Crippen LogP contribution in [0.2, 0.25) is 0 Å². The van der Waals surface area contributed by atoms with Crippen LogP contribution in [-0.2, 0) is 18.3 Å². The number of nitrogens with zero attached hydrogens (tertiary/aromatic N) is 1. The van der Waals surface area contributed by atoms with E-state index in [1.165, 1.54) is 70.6 Å². The predicted molar refractivity (Wildman–Crippen MR) is 156 cm³/mol. The molecule has 4 nitrogen and oxygen atoms in total. The molecule has 0 aliphatic carbocycles. The van der Waals surface area contributed by atoms with Crippen LogP contribution in [0.15, 0.2) is 60.1 Å². The van der Waals surface area contributed by atoms with Gasteiger partial charge in [-0.25, -0.2) is 0 Å². The predicted octanol–water partition coefficient (Wildman–Crippen LogP) is 5.50. The number of hydrogen-bond donors (Lipinski definition) is 1. The molecule has 0 unspecified atom stereocenters. The van der Waals surface area contributed by atoms with Gasteiger partial charge in [0.1, 0.15) is 12.8 Å². The van der Waals surface area contributed by atoms with Gasteiger partial charge in [0, 0.05) is 5.69 Å². The number of halogens is 1. The molecular weight excluding hydrogens is 512 g/mol. The Labute approximate surface area is 240 Å². The molecule has 38 heavy (non-hydrogen) atoms. The molecule has 0 aliphatic rings. The van der Waals surface area contributed by atoms with Crippen LogP contribution in [0.4, 0.5) is 5.69 Å². The summed E-state index contributed by atoms with van der Waals surface area (Å²) in [6, 6.07) is 15.9. The van der Waals surface area contributed by atoms with Gasteiger partial charge in [0.15, 0.2) is 6.20 Å². The summed E-state index contributed by atoms with van der Waals surface area (Å²) in [5.41, 5.74) is 2.90. The zero-order valence-corrected chi connectivity index (χ0v) is 24.8. The Kier molecular flexibility index (Phi) is 15.8. The van der Waals surface area contributed by atoms with Crippen LogP contribution in [0.3, 0.4) is 0 Å². The van der Waals surface area contributed by atoms with Crippen LogP contribution in [-0.4, -0.2) is 12.5 Å². The average Bonchev–Trinajstić information content (AvgIpc) is 3.33. The van der Waals surface area contributed by atoms with E-state index in [1.54, 1.807) is 11.3 Å². The highest BCUT2D eigenvalue weighted by Crippen LogP contribution is 2.23. The molecule has 0 radical (unpaired) electrons. The van der Waals surface area contributed by atoms with Crippen molar-refractivity contribution in [1.82, 2.24) is 0 Å². The number of anilines is 1. The highest BCUT2D eigenvalue weighted by molar-refractivity contribution is 7.12. The molecule has 0 bridgehead atoms. The van der Waals surface area contributed by atoms with Crippen molar-refractivity contribution in [1.29, 1.82) is 0 Å². The molecule has 1 heterocycles. The lowest BCUT2D eigenvalue weighted by Crippen LogP contribution is -3.00. The van der Waals surface area contributed by atoms with Crippen molar-refractivity contribution in [3.8, 4) is 16.3 Å². The number of carbonyl (C=O) groups is 1. The summed E-state index contributed by atoms with van der Waals surface area (Å²) < 4.78 is 8.00. The third-order valence-electron chi connectivity index (χ3n) is 6.73. The molecule has 1 N–H and O–H groups in total. The van der Waals surface area contributed by atoms with Gasteiger partial charge in [-0.3, -0.25) is 4.79 Å². The maximum atomic E-state index is 12.6. The van der Waals surface area contributed by atoms with Crippen molar-refractivity contribution in [2.45, 2.75) is 90.4 Å². The normalized spacial score (nSPS) is 10.7. The first-order chi connectivity index (χ1) is 18.2. The van der Waals surface area contributed by atoms with E-state index in [4.69, 9.17) is 4.74 Å². The van der Waals surface area contributed by atoms with Crippen molar-refractivity contribution < 1.29 is 26.5 Å². The number of hydrogen-bond acceptors (Lipinski definition) is 3. The number of aryl methyl sites for hydroxylation is 1. The number of thiazole rings is 1. The molecule has 0 aliphatic heterocycles. The molecule has 6 heteroatoms. The first kappa shape index (κ1) is 31.8. The topological polar surface area (TPSA) is 42.2 Å². The first-order valence-electron chi connectivity index (χ1n) is 14.2. The van der Waals surface area contributed by atoms with E-state index in [0.29, 0.717) is 6.42 Å². The third kappa shape index (κ3) is 12.0.